The van der Waals surface area contributed by atoms with Crippen molar-refractivity contribution >= 4 is 15.9 Å². The number of ether oxygens (including phenoxy) is 1. The number of nitrogens with zero attached hydrogens (tertiary/aromatic N) is 2. The summed E-state index contributed by atoms with van der Waals surface area (Å²) in [6, 6.07) is 0. The summed E-state index contributed by atoms with van der Waals surface area (Å²) < 4.78 is 6.00. The van der Waals surface area contributed by atoms with Crippen LogP contribution in [0, 0.1) is 0 Å². The lowest BCUT2D eigenvalue weighted by molar-refractivity contribution is -0.0734. The third kappa shape index (κ3) is 2.74. The molecule has 0 aliphatic carbocycles. The minimum Gasteiger partial charge on any atom is -0.382 e. The van der Waals surface area contributed by atoms with Crippen LogP contribution in [0.2, 0.25) is 0 Å². The molecule has 1 saturated heterocycles. The number of hydrogen-bond donors (Lipinski definition) is 1. The number of rotatable bonds is 1. The smallest absolute Gasteiger partial charge is 0.160 e. The van der Waals surface area contributed by atoms with Gasteiger partial charge in [0.05, 0.1) is 4.47 Å². The molecule has 2 heterocycles. The van der Waals surface area contributed by atoms with E-state index < -0.39 is 5.60 Å². The van der Waals surface area contributed by atoms with E-state index in [0.717, 1.165) is 4.47 Å². The first-order chi connectivity index (χ1) is 6.71. The second-order valence-electron chi connectivity index (χ2n) is 3.37. The highest BCUT2D eigenvalue weighted by Crippen LogP contribution is 2.29. The van der Waals surface area contributed by atoms with E-state index in [2.05, 4.69) is 25.9 Å². The zero-order chi connectivity index (χ0) is 10.0. The number of aromatic nitrogens is 2. The molecule has 1 aliphatic rings. The molecule has 0 saturated carbocycles. The highest BCUT2D eigenvalue weighted by atomic mass is 79.9. The quantitative estimate of drug-likeness (QED) is 0.850. The molecule has 0 unspecified atom stereocenters. The molecule has 2 rings (SSSR count). The van der Waals surface area contributed by atoms with Gasteiger partial charge in [0.2, 0.25) is 0 Å². The van der Waals surface area contributed by atoms with E-state index in [9.17, 15) is 5.11 Å². The largest absolute Gasteiger partial charge is 0.382 e. The minimum atomic E-state index is -0.904. The Morgan fingerprint density at radius 3 is 2.33 bits per heavy atom. The van der Waals surface area contributed by atoms with Gasteiger partial charge in [-0.1, -0.05) is 7.43 Å². The van der Waals surface area contributed by atoms with Crippen LogP contribution in [0.4, 0.5) is 0 Å². The summed E-state index contributed by atoms with van der Waals surface area (Å²) in [6.07, 6.45) is 4.43. The van der Waals surface area contributed by atoms with Crippen LogP contribution in [0.5, 0.6) is 0 Å². The molecule has 0 bridgehead atoms. The molecule has 0 radical (unpaired) electrons. The van der Waals surface area contributed by atoms with Gasteiger partial charge in [0, 0.05) is 38.4 Å². The average molecular weight is 275 g/mol. The van der Waals surface area contributed by atoms with Crippen LogP contribution in [-0.4, -0.2) is 28.3 Å². The number of aliphatic hydroxyl groups is 1. The summed E-state index contributed by atoms with van der Waals surface area (Å²) in [5, 5.41) is 10.2. The van der Waals surface area contributed by atoms with Crippen molar-refractivity contribution < 1.29 is 9.84 Å². The SMILES string of the molecule is C.OC1(c2ncc(Br)cn2)CCOCC1. The van der Waals surface area contributed by atoms with Crippen molar-refractivity contribution in [3.8, 4) is 0 Å². The molecule has 0 atom stereocenters. The number of halogens is 1. The van der Waals surface area contributed by atoms with Crippen LogP contribution < -0.4 is 0 Å². The van der Waals surface area contributed by atoms with Crippen LogP contribution in [0.3, 0.4) is 0 Å². The molecule has 0 spiro atoms. The minimum absolute atomic E-state index is 0. The van der Waals surface area contributed by atoms with Crippen LogP contribution in [0.25, 0.3) is 0 Å². The van der Waals surface area contributed by atoms with Crippen LogP contribution in [0.1, 0.15) is 26.1 Å². The molecule has 5 heteroatoms. The maximum Gasteiger partial charge on any atom is 0.160 e. The van der Waals surface area contributed by atoms with Crippen molar-refractivity contribution in [1.29, 1.82) is 0 Å². The molecule has 1 aliphatic heterocycles. The molecule has 1 aromatic rings. The van der Waals surface area contributed by atoms with Crippen molar-refractivity contribution in [2.75, 3.05) is 13.2 Å². The van der Waals surface area contributed by atoms with Gasteiger partial charge < -0.3 is 9.84 Å². The molecular formula is C10H15BrN2O2. The average Bonchev–Trinajstić information content (AvgIpc) is 2.19. The number of hydrogen-bond acceptors (Lipinski definition) is 4. The topological polar surface area (TPSA) is 55.2 Å². The summed E-state index contributed by atoms with van der Waals surface area (Å²) in [5.74, 6) is 0.490. The summed E-state index contributed by atoms with van der Waals surface area (Å²) in [5.41, 5.74) is -0.904. The van der Waals surface area contributed by atoms with Crippen molar-refractivity contribution in [3.05, 3.63) is 22.7 Å². The second-order valence-corrected chi connectivity index (χ2v) is 4.28. The van der Waals surface area contributed by atoms with Gasteiger partial charge in [0.1, 0.15) is 5.60 Å². The summed E-state index contributed by atoms with van der Waals surface area (Å²) in [6.45, 7) is 1.13. The first-order valence-corrected chi connectivity index (χ1v) is 5.28. The van der Waals surface area contributed by atoms with Crippen molar-refractivity contribution in [2.45, 2.75) is 25.9 Å². The second kappa shape index (κ2) is 5.01. The third-order valence-electron chi connectivity index (χ3n) is 2.36. The van der Waals surface area contributed by atoms with Gasteiger partial charge in [-0.2, -0.15) is 0 Å². The lowest BCUT2D eigenvalue weighted by Crippen LogP contribution is -2.35. The first-order valence-electron chi connectivity index (χ1n) is 4.49. The standard InChI is InChI=1S/C9H11BrN2O2.CH4/c10-7-5-11-8(12-6-7)9(13)1-3-14-4-2-9;/h5-6,13H,1-4H2;1H4. The Morgan fingerprint density at radius 1 is 1.27 bits per heavy atom. The van der Waals surface area contributed by atoms with Gasteiger partial charge in [0.25, 0.3) is 0 Å². The Labute approximate surface area is 97.8 Å². The Balaban J connectivity index is 0.00000112. The highest BCUT2D eigenvalue weighted by Gasteiger charge is 2.34. The molecule has 0 amide bonds. The summed E-state index contributed by atoms with van der Waals surface area (Å²) >= 11 is 3.26. The maximum absolute atomic E-state index is 10.2. The van der Waals surface area contributed by atoms with Gasteiger partial charge in [0.15, 0.2) is 5.82 Å². The van der Waals surface area contributed by atoms with E-state index in [0.29, 0.717) is 31.9 Å². The van der Waals surface area contributed by atoms with Crippen LogP contribution >= 0.6 is 15.9 Å². The van der Waals surface area contributed by atoms with Gasteiger partial charge in [-0.25, -0.2) is 9.97 Å². The van der Waals surface area contributed by atoms with Crippen molar-refractivity contribution in [3.63, 3.8) is 0 Å². The molecule has 1 N–H and O–H groups in total. The van der Waals surface area contributed by atoms with E-state index in [1.807, 2.05) is 0 Å². The fourth-order valence-electron chi connectivity index (χ4n) is 1.49. The van der Waals surface area contributed by atoms with Gasteiger partial charge in [-0.05, 0) is 15.9 Å². The van der Waals surface area contributed by atoms with Gasteiger partial charge in [-0.3, -0.25) is 0 Å². The Morgan fingerprint density at radius 2 is 1.80 bits per heavy atom. The van der Waals surface area contributed by atoms with E-state index in [1.165, 1.54) is 0 Å². The van der Waals surface area contributed by atoms with Crippen molar-refractivity contribution in [1.82, 2.24) is 9.97 Å². The molecule has 84 valence electrons. The normalized spacial score (nSPS) is 19.3. The summed E-state index contributed by atoms with van der Waals surface area (Å²) in [4.78, 5) is 8.22. The maximum atomic E-state index is 10.2. The zero-order valence-electron chi connectivity index (χ0n) is 7.61. The fraction of sp³-hybridized carbons (Fsp3) is 0.600. The molecule has 1 aromatic heterocycles. The third-order valence-corrected chi connectivity index (χ3v) is 2.77. The Bertz CT molecular complexity index is 310. The van der Waals surface area contributed by atoms with Gasteiger partial charge >= 0.3 is 0 Å². The van der Waals surface area contributed by atoms with Crippen LogP contribution in [-0.2, 0) is 10.3 Å². The highest BCUT2D eigenvalue weighted by molar-refractivity contribution is 9.10. The van der Waals surface area contributed by atoms with E-state index in [-0.39, 0.29) is 7.43 Å². The van der Waals surface area contributed by atoms with Crippen LogP contribution in [0.15, 0.2) is 16.9 Å². The lowest BCUT2D eigenvalue weighted by atomic mass is 9.93. The monoisotopic (exact) mass is 274 g/mol. The van der Waals surface area contributed by atoms with E-state index in [4.69, 9.17) is 4.74 Å². The first kappa shape index (κ1) is 12.5. The van der Waals surface area contributed by atoms with Gasteiger partial charge in [-0.15, -0.1) is 0 Å². The van der Waals surface area contributed by atoms with E-state index >= 15 is 0 Å². The fourth-order valence-corrected chi connectivity index (χ4v) is 1.69. The Kier molecular flexibility index (Phi) is 4.19. The molecular weight excluding hydrogens is 260 g/mol. The summed E-state index contributed by atoms with van der Waals surface area (Å²) in [7, 11) is 0. The molecule has 15 heavy (non-hydrogen) atoms. The molecule has 0 aromatic carbocycles. The van der Waals surface area contributed by atoms with Crippen molar-refractivity contribution in [2.24, 2.45) is 0 Å². The zero-order valence-corrected chi connectivity index (χ0v) is 9.20. The predicted molar refractivity (Wildman–Crippen MR) is 60.4 cm³/mol. The molecule has 4 nitrogen and oxygen atoms in total. The lowest BCUT2D eigenvalue weighted by Gasteiger charge is -2.30. The Hall–Kier alpha value is -0.520. The van der Waals surface area contributed by atoms with E-state index in [1.54, 1.807) is 12.4 Å². The molecule has 1 fully saturated rings. The predicted octanol–water partition coefficient (Wildman–Crippen LogP) is 1.87.